The average Bonchev–Trinajstić information content (AvgIpc) is 2.40. The maximum atomic E-state index is 11.7. The van der Waals surface area contributed by atoms with Crippen molar-refractivity contribution in [2.24, 2.45) is 5.92 Å². The molecule has 0 aromatic rings. The van der Waals surface area contributed by atoms with Gasteiger partial charge >= 0.3 is 5.97 Å². The number of rotatable bonds is 6. The fourth-order valence-corrected chi connectivity index (χ4v) is 3.65. The number of hydrogen-bond donors (Lipinski definition) is 2. The number of hydrogen-bond acceptors (Lipinski definition) is 2. The van der Waals surface area contributed by atoms with Crippen LogP contribution in [0, 0.1) is 5.92 Å². The molecule has 2 N–H and O–H groups in total. The first-order valence-electron chi connectivity index (χ1n) is 7.02. The van der Waals surface area contributed by atoms with Crippen molar-refractivity contribution in [1.29, 1.82) is 0 Å². The first-order chi connectivity index (χ1) is 9.92. The monoisotopic (exact) mass is 313 g/mol. The number of carboxylic acid groups (broad SMARTS) is 1. The van der Waals surface area contributed by atoms with Crippen LogP contribution in [0.2, 0.25) is 0 Å². The molecule has 0 amide bonds. The summed E-state index contributed by atoms with van der Waals surface area (Å²) in [5.74, 6) is -0.660. The van der Waals surface area contributed by atoms with Crippen LogP contribution in [0.1, 0.15) is 39.5 Å². The lowest BCUT2D eigenvalue weighted by Gasteiger charge is -2.41. The first kappa shape index (κ1) is 17.7. The highest BCUT2D eigenvalue weighted by Crippen LogP contribution is 2.37. The van der Waals surface area contributed by atoms with Crippen molar-refractivity contribution in [2.75, 3.05) is 0 Å². The van der Waals surface area contributed by atoms with Crippen molar-refractivity contribution < 1.29 is 18.7 Å². The first-order valence-corrected chi connectivity index (χ1v) is 8.09. The topological polar surface area (TPSA) is 77.8 Å². The van der Waals surface area contributed by atoms with Gasteiger partial charge in [-0.3, -0.25) is 13.7 Å². The molecule has 0 spiro atoms. The van der Waals surface area contributed by atoms with E-state index in [1.807, 2.05) is 26.0 Å². The highest BCUT2D eigenvalue weighted by atomic mass is 32.2. The van der Waals surface area contributed by atoms with Crippen molar-refractivity contribution in [3.63, 3.8) is 0 Å². The Kier molecular flexibility index (Phi) is 6.84. The summed E-state index contributed by atoms with van der Waals surface area (Å²) in [4.78, 5) is 10.6. The highest BCUT2D eigenvalue weighted by Gasteiger charge is 2.35. The smallest absolute Gasteiger partial charge is 0.303 e. The van der Waals surface area contributed by atoms with Gasteiger partial charge in [-0.1, -0.05) is 24.8 Å². The van der Waals surface area contributed by atoms with E-state index in [0.29, 0.717) is 12.8 Å². The second-order valence-corrected chi connectivity index (χ2v) is 6.00. The van der Waals surface area contributed by atoms with Gasteiger partial charge in [0.1, 0.15) is 0 Å². The van der Waals surface area contributed by atoms with Crippen LogP contribution in [0.5, 0.6) is 0 Å². The van der Waals surface area contributed by atoms with Crippen molar-refractivity contribution in [2.45, 2.75) is 45.6 Å². The SMILES string of the molecule is C=C/C=C1/C[C@@H](CCCC(=O)O)[C@@H](C)N(S(=O)O)/C1=C/C. The molecule has 6 heteroatoms. The molecule has 1 fully saturated rings. The number of nitrogens with zero attached hydrogens (tertiary/aromatic N) is 1. The fraction of sp³-hybridized carbons (Fsp3) is 0.533. The van der Waals surface area contributed by atoms with E-state index in [2.05, 4.69) is 6.58 Å². The number of carboxylic acids is 1. The van der Waals surface area contributed by atoms with Gasteiger partial charge in [-0.05, 0) is 44.6 Å². The zero-order valence-corrected chi connectivity index (χ0v) is 13.3. The van der Waals surface area contributed by atoms with Gasteiger partial charge < -0.3 is 5.11 Å². The van der Waals surface area contributed by atoms with Crippen molar-refractivity contribution in [3.05, 3.63) is 36.1 Å². The molecule has 0 aliphatic carbocycles. The largest absolute Gasteiger partial charge is 0.481 e. The molecule has 21 heavy (non-hydrogen) atoms. The third-order valence-electron chi connectivity index (χ3n) is 3.83. The maximum Gasteiger partial charge on any atom is 0.303 e. The maximum absolute atomic E-state index is 11.7. The quantitative estimate of drug-likeness (QED) is 0.739. The van der Waals surface area contributed by atoms with Gasteiger partial charge in [0.15, 0.2) is 0 Å². The van der Waals surface area contributed by atoms with Gasteiger partial charge in [0, 0.05) is 12.5 Å². The molecule has 1 heterocycles. The molecule has 1 aliphatic heterocycles. The number of carbonyl (C=O) groups is 1. The second kappa shape index (κ2) is 8.14. The Balaban J connectivity index is 2.97. The Morgan fingerprint density at radius 1 is 1.57 bits per heavy atom. The standard InChI is InChI=1S/C15H23NO4S/c1-4-7-13-10-12(8-6-9-15(17)18)11(3)16(21(19)20)14(13)5-2/h4-5,7,11-12H,1,6,8-10H2,2-3H3,(H,17,18)(H,19,20)/b13-7-,14-5+/t11-,12-/m1/s1. The van der Waals surface area contributed by atoms with E-state index in [-0.39, 0.29) is 18.4 Å². The molecule has 5 nitrogen and oxygen atoms in total. The van der Waals surface area contributed by atoms with E-state index in [4.69, 9.17) is 5.11 Å². The molecule has 1 aliphatic rings. The molecule has 0 aromatic carbocycles. The number of allylic oxidation sites excluding steroid dienone is 4. The summed E-state index contributed by atoms with van der Waals surface area (Å²) in [6, 6.07) is -0.113. The third kappa shape index (κ3) is 4.54. The molecule has 0 bridgehead atoms. The Hall–Kier alpha value is -1.40. The Bertz CT molecular complexity index is 484. The van der Waals surface area contributed by atoms with E-state index in [1.165, 1.54) is 4.31 Å². The van der Waals surface area contributed by atoms with E-state index < -0.39 is 17.2 Å². The summed E-state index contributed by atoms with van der Waals surface area (Å²) in [7, 11) is 0. The van der Waals surface area contributed by atoms with Crippen LogP contribution in [0.3, 0.4) is 0 Å². The lowest BCUT2D eigenvalue weighted by Crippen LogP contribution is -2.43. The van der Waals surface area contributed by atoms with Gasteiger partial charge in [0.05, 0.1) is 5.70 Å². The van der Waals surface area contributed by atoms with E-state index >= 15 is 0 Å². The Labute approximate surface area is 128 Å². The van der Waals surface area contributed by atoms with Crippen LogP contribution in [0.25, 0.3) is 0 Å². The molecule has 1 saturated heterocycles. The normalized spacial score (nSPS) is 27.9. The van der Waals surface area contributed by atoms with Gasteiger partial charge in [0.25, 0.3) is 11.3 Å². The summed E-state index contributed by atoms with van der Waals surface area (Å²) in [6.45, 7) is 7.43. The lowest BCUT2D eigenvalue weighted by atomic mass is 9.83. The van der Waals surface area contributed by atoms with Crippen LogP contribution in [-0.4, -0.2) is 30.2 Å². The minimum atomic E-state index is -2.10. The Morgan fingerprint density at radius 2 is 2.24 bits per heavy atom. The predicted octanol–water partition coefficient (Wildman–Crippen LogP) is 3.10. The van der Waals surface area contributed by atoms with E-state index in [1.54, 1.807) is 6.08 Å². The molecule has 1 rings (SSSR count). The third-order valence-corrected chi connectivity index (χ3v) is 4.69. The lowest BCUT2D eigenvalue weighted by molar-refractivity contribution is -0.137. The van der Waals surface area contributed by atoms with Gasteiger partial charge in [-0.15, -0.1) is 0 Å². The van der Waals surface area contributed by atoms with Crippen LogP contribution in [-0.2, 0) is 16.1 Å². The summed E-state index contributed by atoms with van der Waals surface area (Å²) in [5.41, 5.74) is 1.71. The summed E-state index contributed by atoms with van der Waals surface area (Å²) < 4.78 is 22.7. The van der Waals surface area contributed by atoms with Crippen molar-refractivity contribution in [3.8, 4) is 0 Å². The van der Waals surface area contributed by atoms with Crippen LogP contribution < -0.4 is 0 Å². The van der Waals surface area contributed by atoms with E-state index in [9.17, 15) is 13.6 Å². The van der Waals surface area contributed by atoms with Crippen LogP contribution >= 0.6 is 0 Å². The number of piperidine rings is 1. The molecule has 0 radical (unpaired) electrons. The highest BCUT2D eigenvalue weighted by molar-refractivity contribution is 7.76. The Morgan fingerprint density at radius 3 is 2.71 bits per heavy atom. The zero-order valence-electron chi connectivity index (χ0n) is 12.5. The molecule has 1 unspecified atom stereocenters. The fourth-order valence-electron chi connectivity index (χ4n) is 2.80. The molecular formula is C15H23NO4S. The molecule has 3 atom stereocenters. The summed E-state index contributed by atoms with van der Waals surface area (Å²) in [6.07, 6.45) is 7.53. The van der Waals surface area contributed by atoms with Crippen molar-refractivity contribution in [1.82, 2.24) is 4.31 Å². The average molecular weight is 313 g/mol. The van der Waals surface area contributed by atoms with Gasteiger partial charge in [-0.2, -0.15) is 0 Å². The van der Waals surface area contributed by atoms with Crippen molar-refractivity contribution >= 4 is 17.2 Å². The minimum absolute atomic E-state index is 0.113. The summed E-state index contributed by atoms with van der Waals surface area (Å²) >= 11 is -2.10. The van der Waals surface area contributed by atoms with Crippen LogP contribution in [0.4, 0.5) is 0 Å². The van der Waals surface area contributed by atoms with Gasteiger partial charge in [-0.25, -0.2) is 4.21 Å². The minimum Gasteiger partial charge on any atom is -0.481 e. The zero-order chi connectivity index (χ0) is 16.0. The van der Waals surface area contributed by atoms with Crippen LogP contribution in [0.15, 0.2) is 36.1 Å². The summed E-state index contributed by atoms with van der Waals surface area (Å²) in [5, 5.41) is 8.73. The number of aliphatic carboxylic acids is 1. The molecular weight excluding hydrogens is 290 g/mol. The molecule has 0 saturated carbocycles. The molecule has 0 aromatic heterocycles. The van der Waals surface area contributed by atoms with Gasteiger partial charge in [0.2, 0.25) is 0 Å². The molecule has 118 valence electrons. The predicted molar refractivity (Wildman–Crippen MR) is 83.7 cm³/mol. The second-order valence-electron chi connectivity index (χ2n) is 5.15. The van der Waals surface area contributed by atoms with E-state index in [0.717, 1.165) is 17.7 Å².